The Hall–Kier alpha value is -2.60. The molecule has 2 rings (SSSR count). The van der Waals surface area contributed by atoms with Gasteiger partial charge >= 0.3 is 0 Å². The summed E-state index contributed by atoms with van der Waals surface area (Å²) in [4.78, 5) is 12.0. The highest BCUT2D eigenvalue weighted by Crippen LogP contribution is 2.18. The summed E-state index contributed by atoms with van der Waals surface area (Å²) in [6.45, 7) is 2.81. The molecule has 3 nitrogen and oxygen atoms in total. The molecule has 0 aliphatic rings. The van der Waals surface area contributed by atoms with E-state index in [9.17, 15) is 4.79 Å². The van der Waals surface area contributed by atoms with Crippen molar-refractivity contribution in [3.63, 3.8) is 0 Å². The third-order valence-corrected chi connectivity index (χ3v) is 4.03. The van der Waals surface area contributed by atoms with Gasteiger partial charge in [-0.05, 0) is 36.1 Å². The number of rotatable bonds is 7. The molecular formula is C20H22N2O. The van der Waals surface area contributed by atoms with Gasteiger partial charge in [-0.25, -0.2) is 0 Å². The van der Waals surface area contributed by atoms with E-state index < -0.39 is 0 Å². The van der Waals surface area contributed by atoms with Gasteiger partial charge in [-0.1, -0.05) is 49.4 Å². The normalized spacial score (nSPS) is 11.5. The fraction of sp³-hybridized carbons (Fsp3) is 0.300. The van der Waals surface area contributed by atoms with E-state index in [1.807, 2.05) is 30.3 Å². The molecule has 0 radical (unpaired) electrons. The number of nitrogens with zero attached hydrogens (tertiary/aromatic N) is 1. The molecule has 0 bridgehead atoms. The zero-order valence-corrected chi connectivity index (χ0v) is 13.5. The van der Waals surface area contributed by atoms with Crippen LogP contribution in [0, 0.1) is 11.3 Å². The number of hydrogen-bond acceptors (Lipinski definition) is 2. The van der Waals surface area contributed by atoms with Gasteiger partial charge in [0.1, 0.15) is 0 Å². The van der Waals surface area contributed by atoms with E-state index in [2.05, 4.69) is 30.4 Å². The molecule has 0 saturated heterocycles. The monoisotopic (exact) mass is 306 g/mol. The van der Waals surface area contributed by atoms with Crippen molar-refractivity contribution in [2.45, 2.75) is 32.1 Å². The van der Waals surface area contributed by atoms with Gasteiger partial charge in [0.15, 0.2) is 0 Å². The quantitative estimate of drug-likeness (QED) is 0.846. The summed E-state index contributed by atoms with van der Waals surface area (Å²) < 4.78 is 0. The highest BCUT2D eigenvalue weighted by Gasteiger charge is 2.10. The van der Waals surface area contributed by atoms with Gasteiger partial charge in [-0.15, -0.1) is 0 Å². The van der Waals surface area contributed by atoms with Crippen molar-refractivity contribution < 1.29 is 4.79 Å². The van der Waals surface area contributed by atoms with Crippen LogP contribution in [0.3, 0.4) is 0 Å². The van der Waals surface area contributed by atoms with Crippen molar-refractivity contribution in [2.24, 2.45) is 0 Å². The number of carbonyl (C=O) groups is 1. The average Bonchev–Trinajstić information content (AvgIpc) is 2.62. The number of benzene rings is 2. The Morgan fingerprint density at radius 1 is 1.13 bits per heavy atom. The van der Waals surface area contributed by atoms with Crippen LogP contribution in [0.5, 0.6) is 0 Å². The third-order valence-electron chi connectivity index (χ3n) is 4.03. The Morgan fingerprint density at radius 3 is 2.43 bits per heavy atom. The fourth-order valence-corrected chi connectivity index (χ4v) is 2.55. The van der Waals surface area contributed by atoms with Crippen LogP contribution in [-0.2, 0) is 11.2 Å². The van der Waals surface area contributed by atoms with E-state index >= 15 is 0 Å². The van der Waals surface area contributed by atoms with E-state index in [0.29, 0.717) is 30.9 Å². The number of nitriles is 1. The number of hydrogen-bond donors (Lipinski definition) is 1. The standard InChI is InChI=1S/C20H22N2O/c1-2-18(19-6-4-3-5-7-19)15-22-20(23)13-12-16-8-10-17(14-21)11-9-16/h3-11,18H,2,12-13,15H2,1H3,(H,22,23). The minimum Gasteiger partial charge on any atom is -0.355 e. The molecule has 1 amide bonds. The lowest BCUT2D eigenvalue weighted by molar-refractivity contribution is -0.121. The molecule has 2 aromatic carbocycles. The second-order valence-electron chi connectivity index (χ2n) is 5.63. The van der Waals surface area contributed by atoms with E-state index in [0.717, 1.165) is 12.0 Å². The highest BCUT2D eigenvalue weighted by atomic mass is 16.1. The highest BCUT2D eigenvalue weighted by molar-refractivity contribution is 5.76. The molecule has 1 atom stereocenters. The first-order chi connectivity index (χ1) is 11.2. The van der Waals surface area contributed by atoms with Gasteiger partial charge in [0.05, 0.1) is 11.6 Å². The fourth-order valence-electron chi connectivity index (χ4n) is 2.55. The van der Waals surface area contributed by atoms with E-state index in [1.54, 1.807) is 12.1 Å². The Kier molecular flexibility index (Phi) is 6.38. The van der Waals surface area contributed by atoms with Crippen LogP contribution < -0.4 is 5.32 Å². The Balaban J connectivity index is 1.79. The smallest absolute Gasteiger partial charge is 0.220 e. The third kappa shape index (κ3) is 5.27. The molecule has 0 aromatic heterocycles. The van der Waals surface area contributed by atoms with Crippen molar-refractivity contribution in [1.82, 2.24) is 5.32 Å². The first-order valence-electron chi connectivity index (χ1n) is 8.03. The van der Waals surface area contributed by atoms with E-state index in [4.69, 9.17) is 5.26 Å². The summed E-state index contributed by atoms with van der Waals surface area (Å²) in [5.41, 5.74) is 2.99. The minimum absolute atomic E-state index is 0.0729. The molecule has 23 heavy (non-hydrogen) atoms. The first-order valence-corrected chi connectivity index (χ1v) is 8.03. The second kappa shape index (κ2) is 8.75. The SMILES string of the molecule is CCC(CNC(=O)CCc1ccc(C#N)cc1)c1ccccc1. The lowest BCUT2D eigenvalue weighted by atomic mass is 9.96. The molecule has 0 spiro atoms. The number of carbonyl (C=O) groups excluding carboxylic acids is 1. The maximum Gasteiger partial charge on any atom is 0.220 e. The average molecular weight is 306 g/mol. The molecule has 0 aliphatic carbocycles. The zero-order chi connectivity index (χ0) is 16.5. The number of amides is 1. The molecule has 1 N–H and O–H groups in total. The van der Waals surface area contributed by atoms with Gasteiger partial charge in [0.2, 0.25) is 5.91 Å². The van der Waals surface area contributed by atoms with Crippen molar-refractivity contribution >= 4 is 5.91 Å². The maximum absolute atomic E-state index is 12.0. The lowest BCUT2D eigenvalue weighted by Crippen LogP contribution is -2.28. The molecule has 1 unspecified atom stereocenters. The van der Waals surface area contributed by atoms with Crippen LogP contribution >= 0.6 is 0 Å². The van der Waals surface area contributed by atoms with Gasteiger partial charge in [0.25, 0.3) is 0 Å². The van der Waals surface area contributed by atoms with Gasteiger partial charge in [-0.3, -0.25) is 4.79 Å². The lowest BCUT2D eigenvalue weighted by Gasteiger charge is -2.16. The topological polar surface area (TPSA) is 52.9 Å². The van der Waals surface area contributed by atoms with Crippen molar-refractivity contribution in [3.8, 4) is 6.07 Å². The summed E-state index contributed by atoms with van der Waals surface area (Å²) in [5, 5.41) is 11.8. The van der Waals surface area contributed by atoms with Crippen LogP contribution in [-0.4, -0.2) is 12.5 Å². The summed E-state index contributed by atoms with van der Waals surface area (Å²) >= 11 is 0. The van der Waals surface area contributed by atoms with Crippen molar-refractivity contribution in [1.29, 1.82) is 5.26 Å². The van der Waals surface area contributed by atoms with Crippen LogP contribution in [0.1, 0.15) is 42.4 Å². The van der Waals surface area contributed by atoms with E-state index in [1.165, 1.54) is 5.56 Å². The summed E-state index contributed by atoms with van der Waals surface area (Å²) in [6.07, 6.45) is 2.16. The van der Waals surface area contributed by atoms with Crippen LogP contribution in [0.2, 0.25) is 0 Å². The first kappa shape index (κ1) is 16.8. The van der Waals surface area contributed by atoms with Gasteiger partial charge < -0.3 is 5.32 Å². The molecule has 0 heterocycles. The Bertz CT molecular complexity index is 656. The Morgan fingerprint density at radius 2 is 1.83 bits per heavy atom. The summed E-state index contributed by atoms with van der Waals surface area (Å²) in [5.74, 6) is 0.429. The second-order valence-corrected chi connectivity index (χ2v) is 5.63. The molecule has 118 valence electrons. The molecule has 0 fully saturated rings. The van der Waals surface area contributed by atoms with Crippen LogP contribution in [0.4, 0.5) is 0 Å². The predicted molar refractivity (Wildman–Crippen MR) is 92.0 cm³/mol. The van der Waals surface area contributed by atoms with Crippen LogP contribution in [0.25, 0.3) is 0 Å². The van der Waals surface area contributed by atoms with Crippen LogP contribution in [0.15, 0.2) is 54.6 Å². The largest absolute Gasteiger partial charge is 0.355 e. The Labute approximate surface area is 138 Å². The van der Waals surface area contributed by atoms with E-state index in [-0.39, 0.29) is 5.91 Å². The summed E-state index contributed by atoms with van der Waals surface area (Å²) in [6, 6.07) is 19.8. The molecule has 0 saturated carbocycles. The molecule has 3 heteroatoms. The van der Waals surface area contributed by atoms with Gasteiger partial charge in [0, 0.05) is 18.9 Å². The van der Waals surface area contributed by atoms with Gasteiger partial charge in [-0.2, -0.15) is 5.26 Å². The maximum atomic E-state index is 12.0. The molecule has 0 aliphatic heterocycles. The molecular weight excluding hydrogens is 284 g/mol. The zero-order valence-electron chi connectivity index (χ0n) is 13.5. The molecule has 2 aromatic rings. The number of aryl methyl sites for hydroxylation is 1. The van der Waals surface area contributed by atoms with Crippen molar-refractivity contribution in [2.75, 3.05) is 6.54 Å². The number of nitrogens with one attached hydrogen (secondary N) is 1. The summed E-state index contributed by atoms with van der Waals surface area (Å²) in [7, 11) is 0. The minimum atomic E-state index is 0.0729. The van der Waals surface area contributed by atoms with Crippen molar-refractivity contribution in [3.05, 3.63) is 71.3 Å². The predicted octanol–water partition coefficient (Wildman–Crippen LogP) is 3.80.